The Kier molecular flexibility index (Phi) is 4.96. The molecule has 0 aromatic rings. The molecule has 0 aliphatic heterocycles. The van der Waals surface area contributed by atoms with Crippen molar-refractivity contribution in [2.24, 2.45) is 5.73 Å². The lowest BCUT2D eigenvalue weighted by Crippen LogP contribution is -2.30. The third-order valence-corrected chi connectivity index (χ3v) is 1.17. The van der Waals surface area contributed by atoms with Gasteiger partial charge in [-0.25, -0.2) is 4.79 Å². The van der Waals surface area contributed by atoms with E-state index in [0.717, 1.165) is 0 Å². The van der Waals surface area contributed by atoms with Crippen molar-refractivity contribution in [2.75, 3.05) is 0 Å². The standard InChI is InChI=1S/C5H9NO3S/c6-4(2-1-3-7)5(8)9-10/h3-4,10H,1-2,6H2/t4-/m1/s1. The van der Waals surface area contributed by atoms with Gasteiger partial charge in [-0.1, -0.05) is 0 Å². The smallest absolute Gasteiger partial charge is 0.334 e. The summed E-state index contributed by atoms with van der Waals surface area (Å²) in [5.41, 5.74) is 5.23. The fourth-order valence-electron chi connectivity index (χ4n) is 0.433. The predicted molar refractivity (Wildman–Crippen MR) is 38.4 cm³/mol. The van der Waals surface area contributed by atoms with Gasteiger partial charge in [-0.05, 0) is 6.42 Å². The minimum absolute atomic E-state index is 0.268. The summed E-state index contributed by atoms with van der Waals surface area (Å²) in [6.45, 7) is 0. The number of carbonyl (C=O) groups is 2. The van der Waals surface area contributed by atoms with E-state index in [1.807, 2.05) is 0 Å². The molecule has 58 valence electrons. The molecule has 0 unspecified atom stereocenters. The van der Waals surface area contributed by atoms with Crippen molar-refractivity contribution in [1.29, 1.82) is 0 Å². The predicted octanol–water partition coefficient (Wildman–Crippen LogP) is -0.319. The molecule has 0 aliphatic rings. The van der Waals surface area contributed by atoms with Crippen molar-refractivity contribution in [3.63, 3.8) is 0 Å². The summed E-state index contributed by atoms with van der Waals surface area (Å²) in [6.07, 6.45) is 1.28. The molecule has 2 N–H and O–H groups in total. The lowest BCUT2D eigenvalue weighted by atomic mass is 10.2. The molecule has 0 heterocycles. The lowest BCUT2D eigenvalue weighted by Gasteiger charge is -2.03. The van der Waals surface area contributed by atoms with Crippen molar-refractivity contribution in [3.8, 4) is 0 Å². The summed E-state index contributed by atoms with van der Waals surface area (Å²) < 4.78 is 4.02. The third kappa shape index (κ3) is 3.47. The van der Waals surface area contributed by atoms with Crippen LogP contribution in [-0.4, -0.2) is 18.3 Å². The number of nitrogens with two attached hydrogens (primary N) is 1. The largest absolute Gasteiger partial charge is 0.393 e. The minimum Gasteiger partial charge on any atom is -0.393 e. The molecule has 0 amide bonds. The van der Waals surface area contributed by atoms with Gasteiger partial charge in [0.15, 0.2) is 0 Å². The summed E-state index contributed by atoms with van der Waals surface area (Å²) in [7, 11) is 0. The Morgan fingerprint density at radius 1 is 1.80 bits per heavy atom. The molecular formula is C5H9NO3S. The van der Waals surface area contributed by atoms with E-state index in [9.17, 15) is 9.59 Å². The zero-order valence-corrected chi connectivity index (χ0v) is 6.21. The van der Waals surface area contributed by atoms with E-state index in [0.29, 0.717) is 12.7 Å². The van der Waals surface area contributed by atoms with Gasteiger partial charge >= 0.3 is 5.97 Å². The maximum atomic E-state index is 10.5. The molecule has 0 rings (SSSR count). The van der Waals surface area contributed by atoms with Gasteiger partial charge in [-0.3, -0.25) is 0 Å². The van der Waals surface area contributed by atoms with Gasteiger partial charge in [0.1, 0.15) is 12.3 Å². The summed E-state index contributed by atoms with van der Waals surface area (Å²) in [5, 5.41) is 0. The number of hydrogen-bond donors (Lipinski definition) is 2. The van der Waals surface area contributed by atoms with Crippen LogP contribution in [0.2, 0.25) is 0 Å². The minimum atomic E-state index is -0.734. The Morgan fingerprint density at radius 3 is 2.80 bits per heavy atom. The number of aldehydes is 1. The molecule has 4 nitrogen and oxygen atoms in total. The van der Waals surface area contributed by atoms with E-state index >= 15 is 0 Å². The third-order valence-electron chi connectivity index (χ3n) is 0.988. The molecule has 1 atom stereocenters. The highest BCUT2D eigenvalue weighted by Gasteiger charge is 2.12. The van der Waals surface area contributed by atoms with Crippen LogP contribution in [0.1, 0.15) is 12.8 Å². The highest BCUT2D eigenvalue weighted by atomic mass is 32.1. The maximum Gasteiger partial charge on any atom is 0.334 e. The molecule has 0 bridgehead atoms. The summed E-state index contributed by atoms with van der Waals surface area (Å²) in [4.78, 5) is 20.3. The molecule has 0 radical (unpaired) electrons. The molecule has 0 saturated heterocycles. The Labute approximate surface area is 64.3 Å². The second kappa shape index (κ2) is 5.25. The van der Waals surface area contributed by atoms with E-state index < -0.39 is 12.0 Å². The molecule has 0 fully saturated rings. The van der Waals surface area contributed by atoms with Crippen molar-refractivity contribution < 1.29 is 13.8 Å². The Morgan fingerprint density at radius 2 is 2.40 bits per heavy atom. The zero-order valence-electron chi connectivity index (χ0n) is 5.32. The highest BCUT2D eigenvalue weighted by molar-refractivity contribution is 7.75. The molecule has 0 aliphatic carbocycles. The normalized spacial score (nSPS) is 12.2. The first-order chi connectivity index (χ1) is 4.72. The van der Waals surface area contributed by atoms with Crippen LogP contribution in [-0.2, 0) is 13.8 Å². The Hall–Kier alpha value is -0.550. The van der Waals surface area contributed by atoms with Crippen molar-refractivity contribution in [3.05, 3.63) is 0 Å². The van der Waals surface area contributed by atoms with E-state index in [-0.39, 0.29) is 6.42 Å². The first-order valence-electron chi connectivity index (χ1n) is 2.77. The van der Waals surface area contributed by atoms with Crippen LogP contribution < -0.4 is 5.73 Å². The highest BCUT2D eigenvalue weighted by Crippen LogP contribution is 1.95. The number of rotatable bonds is 4. The number of carbonyl (C=O) groups excluding carboxylic acids is 2. The van der Waals surface area contributed by atoms with Gasteiger partial charge < -0.3 is 14.7 Å². The first-order valence-corrected chi connectivity index (χ1v) is 3.13. The summed E-state index contributed by atoms with van der Waals surface area (Å²) in [5.74, 6) is -0.606. The summed E-state index contributed by atoms with van der Waals surface area (Å²) >= 11 is 3.26. The molecule has 0 spiro atoms. The molecule has 0 aromatic heterocycles. The molecular weight excluding hydrogens is 154 g/mol. The lowest BCUT2D eigenvalue weighted by molar-refractivity contribution is -0.134. The Balaban J connectivity index is 3.50. The van der Waals surface area contributed by atoms with Crippen LogP contribution in [0.25, 0.3) is 0 Å². The van der Waals surface area contributed by atoms with Gasteiger partial charge in [0.05, 0.1) is 0 Å². The number of hydrogen-bond acceptors (Lipinski definition) is 5. The quantitative estimate of drug-likeness (QED) is 0.338. The van der Waals surface area contributed by atoms with Crippen molar-refractivity contribution in [2.45, 2.75) is 18.9 Å². The van der Waals surface area contributed by atoms with Crippen LogP contribution >= 0.6 is 12.9 Å². The van der Waals surface area contributed by atoms with Crippen LogP contribution in [0.3, 0.4) is 0 Å². The molecule has 5 heteroatoms. The van der Waals surface area contributed by atoms with Gasteiger partial charge in [-0.15, -0.1) is 0 Å². The van der Waals surface area contributed by atoms with Crippen LogP contribution in [0, 0.1) is 0 Å². The average Bonchev–Trinajstić information content (AvgIpc) is 1.98. The van der Waals surface area contributed by atoms with E-state index in [1.165, 1.54) is 0 Å². The van der Waals surface area contributed by atoms with Crippen LogP contribution in [0.4, 0.5) is 0 Å². The van der Waals surface area contributed by atoms with E-state index in [1.54, 1.807) is 0 Å². The maximum absolute atomic E-state index is 10.5. The second-order valence-corrected chi connectivity index (χ2v) is 1.94. The van der Waals surface area contributed by atoms with Gasteiger partial charge in [0, 0.05) is 19.3 Å². The topological polar surface area (TPSA) is 69.4 Å². The average molecular weight is 163 g/mol. The second-order valence-electron chi connectivity index (χ2n) is 1.76. The number of thiol groups is 1. The van der Waals surface area contributed by atoms with E-state index in [4.69, 9.17) is 5.73 Å². The van der Waals surface area contributed by atoms with Crippen LogP contribution in [0.5, 0.6) is 0 Å². The van der Waals surface area contributed by atoms with Gasteiger partial charge in [0.25, 0.3) is 0 Å². The molecule has 0 saturated carbocycles. The molecule has 0 aromatic carbocycles. The van der Waals surface area contributed by atoms with E-state index in [2.05, 4.69) is 17.1 Å². The fourth-order valence-corrected chi connectivity index (χ4v) is 0.569. The van der Waals surface area contributed by atoms with Crippen LogP contribution in [0.15, 0.2) is 0 Å². The Bertz CT molecular complexity index is 128. The van der Waals surface area contributed by atoms with Gasteiger partial charge in [-0.2, -0.15) is 0 Å². The zero-order chi connectivity index (χ0) is 7.98. The SMILES string of the molecule is N[C@H](CCC=O)C(=O)OS. The van der Waals surface area contributed by atoms with Crippen molar-refractivity contribution in [1.82, 2.24) is 0 Å². The summed E-state index contributed by atoms with van der Waals surface area (Å²) in [6, 6.07) is -0.734. The van der Waals surface area contributed by atoms with Crippen molar-refractivity contribution >= 4 is 25.2 Å². The molecule has 10 heavy (non-hydrogen) atoms. The van der Waals surface area contributed by atoms with Gasteiger partial charge in [0.2, 0.25) is 0 Å². The monoisotopic (exact) mass is 163 g/mol. The first kappa shape index (κ1) is 9.45. The fraction of sp³-hybridized carbons (Fsp3) is 0.600.